The Balaban J connectivity index is 2.01. The van der Waals surface area contributed by atoms with Gasteiger partial charge in [-0.15, -0.1) is 10.2 Å². The van der Waals surface area contributed by atoms with Crippen molar-refractivity contribution in [1.82, 2.24) is 10.2 Å². The van der Waals surface area contributed by atoms with E-state index in [0.29, 0.717) is 23.0 Å². The van der Waals surface area contributed by atoms with Crippen LogP contribution >= 0.6 is 0 Å². The summed E-state index contributed by atoms with van der Waals surface area (Å²) in [6.07, 6.45) is 2.16. The van der Waals surface area contributed by atoms with Gasteiger partial charge in [-0.3, -0.25) is 4.79 Å². The van der Waals surface area contributed by atoms with Gasteiger partial charge in [0.25, 0.3) is 5.91 Å². The van der Waals surface area contributed by atoms with Gasteiger partial charge in [0.2, 0.25) is 0 Å². The molecule has 0 aliphatic carbocycles. The van der Waals surface area contributed by atoms with Gasteiger partial charge in [0.15, 0.2) is 17.2 Å². The Labute approximate surface area is 141 Å². The lowest BCUT2D eigenvalue weighted by Crippen LogP contribution is -2.15. The number of nitrogens with zero attached hydrogens (tertiary/aromatic N) is 2. The number of anilines is 2. The van der Waals surface area contributed by atoms with Crippen molar-refractivity contribution in [3.63, 3.8) is 0 Å². The second kappa shape index (κ2) is 8.71. The molecule has 24 heavy (non-hydrogen) atoms. The second-order valence-electron chi connectivity index (χ2n) is 5.11. The summed E-state index contributed by atoms with van der Waals surface area (Å²) >= 11 is 0. The molecule has 7 heteroatoms. The zero-order valence-electron chi connectivity index (χ0n) is 14.1. The predicted octanol–water partition coefficient (Wildman–Crippen LogP) is 2.96. The summed E-state index contributed by atoms with van der Waals surface area (Å²) in [5.41, 5.74) is 0.829. The molecule has 1 heterocycles. The fourth-order valence-corrected chi connectivity index (χ4v) is 2.05. The molecule has 0 spiro atoms. The largest absolute Gasteiger partial charge is 0.493 e. The molecule has 0 fully saturated rings. The maximum absolute atomic E-state index is 12.2. The minimum Gasteiger partial charge on any atom is -0.493 e. The molecule has 0 aliphatic rings. The van der Waals surface area contributed by atoms with E-state index in [2.05, 4.69) is 27.8 Å². The molecule has 1 amide bonds. The molecule has 1 aromatic heterocycles. The molecule has 2 aromatic rings. The number of aromatic nitrogens is 2. The minimum absolute atomic E-state index is 0.242. The number of rotatable bonds is 8. The van der Waals surface area contributed by atoms with Crippen molar-refractivity contribution in [2.24, 2.45) is 0 Å². The maximum atomic E-state index is 12.2. The summed E-state index contributed by atoms with van der Waals surface area (Å²) in [5.74, 6) is 1.45. The number of benzene rings is 1. The number of ether oxygens (including phenoxy) is 2. The van der Waals surface area contributed by atoms with E-state index in [4.69, 9.17) is 9.47 Å². The Hall–Kier alpha value is -2.83. The first-order chi connectivity index (χ1) is 11.7. The van der Waals surface area contributed by atoms with E-state index in [1.54, 1.807) is 44.6 Å². The molecule has 2 rings (SSSR count). The summed E-state index contributed by atoms with van der Waals surface area (Å²) in [6, 6.07) is 8.52. The number of carbonyl (C=O) groups excluding carboxylic acids is 1. The molecule has 1 aromatic carbocycles. The molecule has 0 saturated heterocycles. The average molecular weight is 330 g/mol. The molecular weight excluding hydrogens is 308 g/mol. The monoisotopic (exact) mass is 330 g/mol. The summed E-state index contributed by atoms with van der Waals surface area (Å²) in [7, 11) is 3.10. The standard InChI is InChI=1S/C17H22N4O3/c1-4-5-10-18-16-9-7-13(20-21-16)17(22)19-12-6-8-14(23-2)15(11-12)24-3/h6-9,11H,4-5,10H2,1-3H3,(H,18,21)(H,19,22). The van der Waals surface area contributed by atoms with Crippen molar-refractivity contribution in [3.05, 3.63) is 36.0 Å². The first kappa shape index (κ1) is 17.5. The molecule has 0 aliphatic heterocycles. The summed E-state index contributed by atoms with van der Waals surface area (Å²) in [5, 5.41) is 13.9. The van der Waals surface area contributed by atoms with Crippen LogP contribution < -0.4 is 20.1 Å². The predicted molar refractivity (Wildman–Crippen MR) is 92.9 cm³/mol. The normalized spacial score (nSPS) is 10.1. The van der Waals surface area contributed by atoms with Crippen molar-refractivity contribution in [2.75, 3.05) is 31.4 Å². The van der Waals surface area contributed by atoms with Crippen LogP contribution in [0.3, 0.4) is 0 Å². The van der Waals surface area contributed by atoms with Crippen molar-refractivity contribution in [2.45, 2.75) is 19.8 Å². The second-order valence-corrected chi connectivity index (χ2v) is 5.11. The summed E-state index contributed by atoms with van der Waals surface area (Å²) < 4.78 is 10.4. The summed E-state index contributed by atoms with van der Waals surface area (Å²) in [4.78, 5) is 12.2. The number of amides is 1. The lowest BCUT2D eigenvalue weighted by Gasteiger charge is -2.10. The third-order valence-electron chi connectivity index (χ3n) is 3.38. The van der Waals surface area contributed by atoms with Gasteiger partial charge in [-0.2, -0.15) is 0 Å². The van der Waals surface area contributed by atoms with Crippen LogP contribution in [0.1, 0.15) is 30.3 Å². The number of carbonyl (C=O) groups is 1. The minimum atomic E-state index is -0.338. The first-order valence-electron chi connectivity index (χ1n) is 7.79. The lowest BCUT2D eigenvalue weighted by atomic mass is 10.2. The Bertz CT molecular complexity index is 674. The van der Waals surface area contributed by atoms with E-state index in [-0.39, 0.29) is 11.6 Å². The van der Waals surface area contributed by atoms with Crippen LogP contribution in [0.25, 0.3) is 0 Å². The SMILES string of the molecule is CCCCNc1ccc(C(=O)Nc2ccc(OC)c(OC)c2)nn1. The van der Waals surface area contributed by atoms with E-state index in [1.165, 1.54) is 0 Å². The van der Waals surface area contributed by atoms with E-state index in [0.717, 1.165) is 19.4 Å². The molecule has 0 atom stereocenters. The Morgan fingerprint density at radius 3 is 2.50 bits per heavy atom. The molecule has 2 N–H and O–H groups in total. The van der Waals surface area contributed by atoms with Crippen LogP contribution in [0.4, 0.5) is 11.5 Å². The zero-order chi connectivity index (χ0) is 17.4. The van der Waals surface area contributed by atoms with Crippen LogP contribution in [0, 0.1) is 0 Å². The van der Waals surface area contributed by atoms with Gasteiger partial charge >= 0.3 is 0 Å². The van der Waals surface area contributed by atoms with Crippen LogP contribution in [0.5, 0.6) is 11.5 Å². The molecule has 0 radical (unpaired) electrons. The molecule has 0 bridgehead atoms. The van der Waals surface area contributed by atoms with Crippen LogP contribution in [-0.4, -0.2) is 36.9 Å². The fourth-order valence-electron chi connectivity index (χ4n) is 2.05. The molecule has 0 saturated carbocycles. The highest BCUT2D eigenvalue weighted by atomic mass is 16.5. The first-order valence-corrected chi connectivity index (χ1v) is 7.79. The van der Waals surface area contributed by atoms with Crippen molar-refractivity contribution in [1.29, 1.82) is 0 Å². The van der Waals surface area contributed by atoms with E-state index >= 15 is 0 Å². The van der Waals surface area contributed by atoms with Crippen molar-refractivity contribution >= 4 is 17.4 Å². The van der Waals surface area contributed by atoms with Crippen LogP contribution in [-0.2, 0) is 0 Å². The number of methoxy groups -OCH3 is 2. The van der Waals surface area contributed by atoms with Gasteiger partial charge in [-0.25, -0.2) is 0 Å². The fraction of sp³-hybridized carbons (Fsp3) is 0.353. The molecule has 128 valence electrons. The average Bonchev–Trinajstić information content (AvgIpc) is 2.62. The highest BCUT2D eigenvalue weighted by molar-refractivity contribution is 6.02. The van der Waals surface area contributed by atoms with Crippen LogP contribution in [0.15, 0.2) is 30.3 Å². The Morgan fingerprint density at radius 1 is 1.08 bits per heavy atom. The Morgan fingerprint density at radius 2 is 1.88 bits per heavy atom. The van der Waals surface area contributed by atoms with Gasteiger partial charge in [0, 0.05) is 18.3 Å². The highest BCUT2D eigenvalue weighted by Crippen LogP contribution is 2.29. The Kier molecular flexibility index (Phi) is 6.36. The molecule has 0 unspecified atom stereocenters. The lowest BCUT2D eigenvalue weighted by molar-refractivity contribution is 0.102. The topological polar surface area (TPSA) is 85.4 Å². The van der Waals surface area contributed by atoms with Crippen LogP contribution in [0.2, 0.25) is 0 Å². The van der Waals surface area contributed by atoms with E-state index in [9.17, 15) is 4.79 Å². The van der Waals surface area contributed by atoms with Gasteiger partial charge in [0.05, 0.1) is 14.2 Å². The number of unbranched alkanes of at least 4 members (excludes halogenated alkanes) is 1. The number of hydrogen-bond acceptors (Lipinski definition) is 6. The van der Waals surface area contributed by atoms with E-state index < -0.39 is 0 Å². The quantitative estimate of drug-likeness (QED) is 0.724. The van der Waals surface area contributed by atoms with E-state index in [1.807, 2.05) is 0 Å². The molecular formula is C17H22N4O3. The summed E-state index contributed by atoms with van der Waals surface area (Å²) in [6.45, 7) is 2.96. The smallest absolute Gasteiger partial charge is 0.276 e. The van der Waals surface area contributed by atoms with Gasteiger partial charge in [-0.1, -0.05) is 13.3 Å². The molecule has 7 nitrogen and oxygen atoms in total. The highest BCUT2D eigenvalue weighted by Gasteiger charge is 2.11. The third-order valence-corrected chi connectivity index (χ3v) is 3.38. The van der Waals surface area contributed by atoms with Gasteiger partial charge in [-0.05, 0) is 30.7 Å². The van der Waals surface area contributed by atoms with Gasteiger partial charge < -0.3 is 20.1 Å². The van der Waals surface area contributed by atoms with Gasteiger partial charge in [0.1, 0.15) is 5.82 Å². The van der Waals surface area contributed by atoms with Crippen molar-refractivity contribution in [3.8, 4) is 11.5 Å². The number of hydrogen-bond donors (Lipinski definition) is 2. The maximum Gasteiger partial charge on any atom is 0.276 e. The van der Waals surface area contributed by atoms with Crippen molar-refractivity contribution < 1.29 is 14.3 Å². The zero-order valence-corrected chi connectivity index (χ0v) is 14.1. The third kappa shape index (κ3) is 4.58. The number of nitrogens with one attached hydrogen (secondary N) is 2.